The Bertz CT molecular complexity index is 923. The lowest BCUT2D eigenvalue weighted by molar-refractivity contribution is 0.0766. The molecule has 1 fully saturated rings. The van der Waals surface area contributed by atoms with E-state index in [1.165, 1.54) is 11.1 Å². The molecular formula is C22H23N3OS. The number of rotatable bonds is 3. The van der Waals surface area contributed by atoms with E-state index in [2.05, 4.69) is 36.3 Å². The van der Waals surface area contributed by atoms with Crippen molar-refractivity contribution in [1.29, 1.82) is 0 Å². The Morgan fingerprint density at radius 1 is 1.11 bits per heavy atom. The average Bonchev–Trinajstić information content (AvgIpc) is 3.13. The van der Waals surface area contributed by atoms with Gasteiger partial charge in [-0.2, -0.15) is 16.9 Å². The van der Waals surface area contributed by atoms with E-state index >= 15 is 0 Å². The number of carbonyl (C=O) groups excluding carboxylic acids is 1. The van der Waals surface area contributed by atoms with Crippen LogP contribution in [0.4, 0.5) is 0 Å². The molecule has 27 heavy (non-hydrogen) atoms. The summed E-state index contributed by atoms with van der Waals surface area (Å²) in [6.07, 6.45) is 4.62. The molecule has 1 atom stereocenters. The van der Waals surface area contributed by atoms with Crippen molar-refractivity contribution >= 4 is 17.7 Å². The fraction of sp³-hybridized carbons (Fsp3) is 0.273. The SMILES string of the molecule is Cc1ccccc1[C@H]1CCN(C(=O)c2cccc(-n3cccn3)c2)CCS1. The fourth-order valence-corrected chi connectivity index (χ4v) is 4.88. The summed E-state index contributed by atoms with van der Waals surface area (Å²) in [5.41, 5.74) is 4.37. The Kier molecular flexibility index (Phi) is 5.30. The van der Waals surface area contributed by atoms with Gasteiger partial charge < -0.3 is 4.90 Å². The van der Waals surface area contributed by atoms with Gasteiger partial charge in [0.25, 0.3) is 5.91 Å². The predicted molar refractivity (Wildman–Crippen MR) is 110 cm³/mol. The minimum absolute atomic E-state index is 0.107. The highest BCUT2D eigenvalue weighted by molar-refractivity contribution is 7.99. The van der Waals surface area contributed by atoms with Crippen molar-refractivity contribution in [2.45, 2.75) is 18.6 Å². The first kappa shape index (κ1) is 17.9. The molecule has 3 aromatic rings. The van der Waals surface area contributed by atoms with Gasteiger partial charge in [-0.05, 0) is 48.7 Å². The maximum Gasteiger partial charge on any atom is 0.253 e. The molecule has 1 aliphatic rings. The van der Waals surface area contributed by atoms with Crippen LogP contribution < -0.4 is 0 Å². The average molecular weight is 378 g/mol. The number of aryl methyl sites for hydroxylation is 1. The second kappa shape index (κ2) is 8.01. The van der Waals surface area contributed by atoms with Gasteiger partial charge in [-0.25, -0.2) is 4.68 Å². The summed E-state index contributed by atoms with van der Waals surface area (Å²) in [5.74, 6) is 1.07. The van der Waals surface area contributed by atoms with Crippen LogP contribution in [0.3, 0.4) is 0 Å². The lowest BCUT2D eigenvalue weighted by atomic mass is 10.0. The molecule has 0 saturated carbocycles. The van der Waals surface area contributed by atoms with Crippen molar-refractivity contribution < 1.29 is 4.79 Å². The normalized spacial score (nSPS) is 17.5. The molecule has 2 heterocycles. The number of hydrogen-bond acceptors (Lipinski definition) is 3. The summed E-state index contributed by atoms with van der Waals surface area (Å²) < 4.78 is 1.78. The van der Waals surface area contributed by atoms with Gasteiger partial charge in [0.05, 0.1) is 5.69 Å². The van der Waals surface area contributed by atoms with E-state index in [1.807, 2.05) is 53.2 Å². The van der Waals surface area contributed by atoms with E-state index in [1.54, 1.807) is 10.9 Å². The van der Waals surface area contributed by atoms with Gasteiger partial charge in [0.2, 0.25) is 0 Å². The molecule has 0 aliphatic carbocycles. The number of carbonyl (C=O) groups is 1. The Balaban J connectivity index is 1.49. The minimum atomic E-state index is 0.107. The molecule has 1 aromatic heterocycles. The van der Waals surface area contributed by atoms with Crippen molar-refractivity contribution in [2.24, 2.45) is 0 Å². The van der Waals surface area contributed by atoms with E-state index in [9.17, 15) is 4.79 Å². The van der Waals surface area contributed by atoms with Crippen molar-refractivity contribution in [1.82, 2.24) is 14.7 Å². The Morgan fingerprint density at radius 3 is 2.81 bits per heavy atom. The van der Waals surface area contributed by atoms with E-state index < -0.39 is 0 Å². The van der Waals surface area contributed by atoms with Crippen molar-refractivity contribution in [3.05, 3.63) is 83.7 Å². The number of benzene rings is 2. The van der Waals surface area contributed by atoms with Crippen LogP contribution in [0.15, 0.2) is 67.0 Å². The van der Waals surface area contributed by atoms with Crippen molar-refractivity contribution in [3.8, 4) is 5.69 Å². The zero-order chi connectivity index (χ0) is 18.6. The number of aromatic nitrogens is 2. The summed E-state index contributed by atoms with van der Waals surface area (Å²) in [5, 5.41) is 4.71. The third kappa shape index (κ3) is 3.93. The Hall–Kier alpha value is -2.53. The molecule has 4 rings (SSSR count). The van der Waals surface area contributed by atoms with Gasteiger partial charge in [0.15, 0.2) is 0 Å². The van der Waals surface area contributed by atoms with Gasteiger partial charge in [0.1, 0.15) is 0 Å². The summed E-state index contributed by atoms with van der Waals surface area (Å²) >= 11 is 1.96. The molecule has 0 radical (unpaired) electrons. The smallest absolute Gasteiger partial charge is 0.253 e. The maximum atomic E-state index is 13.1. The zero-order valence-electron chi connectivity index (χ0n) is 15.4. The summed E-state index contributed by atoms with van der Waals surface area (Å²) in [6, 6.07) is 18.2. The van der Waals surface area contributed by atoms with Crippen LogP contribution in [0.2, 0.25) is 0 Å². The minimum Gasteiger partial charge on any atom is -0.338 e. The van der Waals surface area contributed by atoms with Crippen LogP contribution in [0.25, 0.3) is 5.69 Å². The quantitative estimate of drug-likeness (QED) is 0.674. The molecule has 138 valence electrons. The molecule has 0 bridgehead atoms. The van der Waals surface area contributed by atoms with Crippen LogP contribution in [-0.2, 0) is 0 Å². The molecule has 4 nitrogen and oxygen atoms in total. The number of nitrogens with zero attached hydrogens (tertiary/aromatic N) is 3. The standard InChI is InChI=1S/C22H23N3OS/c1-17-6-2-3-9-20(17)21-10-13-24(14-15-27-21)22(26)18-7-4-8-19(16-18)25-12-5-11-23-25/h2-9,11-12,16,21H,10,13-15H2,1H3/t21-/m1/s1. The molecule has 1 amide bonds. The molecule has 1 aliphatic heterocycles. The van der Waals surface area contributed by atoms with Gasteiger partial charge in [-0.15, -0.1) is 0 Å². The highest BCUT2D eigenvalue weighted by atomic mass is 32.2. The second-order valence-corrected chi connectivity index (χ2v) is 8.11. The molecule has 1 saturated heterocycles. The van der Waals surface area contributed by atoms with Gasteiger partial charge in [-0.1, -0.05) is 30.3 Å². The van der Waals surface area contributed by atoms with Crippen molar-refractivity contribution in [3.63, 3.8) is 0 Å². The van der Waals surface area contributed by atoms with Crippen LogP contribution >= 0.6 is 11.8 Å². The summed E-state index contributed by atoms with van der Waals surface area (Å²) in [4.78, 5) is 15.1. The molecule has 0 N–H and O–H groups in total. The Labute approximate surface area is 164 Å². The number of thioether (sulfide) groups is 1. The summed E-state index contributed by atoms with van der Waals surface area (Å²) in [7, 11) is 0. The molecule has 0 unspecified atom stereocenters. The van der Waals surface area contributed by atoms with Crippen LogP contribution in [-0.4, -0.2) is 39.4 Å². The number of hydrogen-bond donors (Lipinski definition) is 0. The first-order chi connectivity index (χ1) is 13.2. The van der Waals surface area contributed by atoms with Gasteiger partial charge >= 0.3 is 0 Å². The molecular weight excluding hydrogens is 354 g/mol. The largest absolute Gasteiger partial charge is 0.338 e. The van der Waals surface area contributed by atoms with E-state index in [0.29, 0.717) is 5.25 Å². The second-order valence-electron chi connectivity index (χ2n) is 6.80. The van der Waals surface area contributed by atoms with Crippen LogP contribution in [0.5, 0.6) is 0 Å². The lowest BCUT2D eigenvalue weighted by Gasteiger charge is -2.21. The molecule has 0 spiro atoms. The first-order valence-corrected chi connectivity index (χ1v) is 10.3. The van der Waals surface area contributed by atoms with Crippen LogP contribution in [0.1, 0.15) is 33.2 Å². The van der Waals surface area contributed by atoms with Gasteiger partial charge in [-0.3, -0.25) is 4.79 Å². The highest BCUT2D eigenvalue weighted by Crippen LogP contribution is 2.36. The maximum absolute atomic E-state index is 13.1. The van der Waals surface area contributed by atoms with E-state index in [0.717, 1.165) is 36.5 Å². The number of amides is 1. The zero-order valence-corrected chi connectivity index (χ0v) is 16.2. The van der Waals surface area contributed by atoms with Crippen molar-refractivity contribution in [2.75, 3.05) is 18.8 Å². The third-order valence-electron chi connectivity index (χ3n) is 5.03. The topological polar surface area (TPSA) is 38.1 Å². The van der Waals surface area contributed by atoms with Crippen LogP contribution in [0, 0.1) is 6.92 Å². The molecule has 5 heteroatoms. The highest BCUT2D eigenvalue weighted by Gasteiger charge is 2.23. The lowest BCUT2D eigenvalue weighted by Crippen LogP contribution is -2.33. The van der Waals surface area contributed by atoms with E-state index in [-0.39, 0.29) is 5.91 Å². The first-order valence-electron chi connectivity index (χ1n) is 9.29. The molecule has 2 aromatic carbocycles. The third-order valence-corrected chi connectivity index (χ3v) is 6.34. The Morgan fingerprint density at radius 2 is 2.00 bits per heavy atom. The fourth-order valence-electron chi connectivity index (χ4n) is 3.56. The summed E-state index contributed by atoms with van der Waals surface area (Å²) in [6.45, 7) is 3.75. The predicted octanol–water partition coefficient (Wildman–Crippen LogP) is 4.50. The van der Waals surface area contributed by atoms with E-state index in [4.69, 9.17) is 0 Å². The monoisotopic (exact) mass is 377 g/mol. The van der Waals surface area contributed by atoms with Gasteiger partial charge in [0, 0.05) is 42.0 Å².